The summed E-state index contributed by atoms with van der Waals surface area (Å²) in [7, 11) is 0. The third-order valence-corrected chi connectivity index (χ3v) is 7.63. The zero-order chi connectivity index (χ0) is 31.2. The van der Waals surface area contributed by atoms with E-state index in [4.69, 9.17) is 14.2 Å². The van der Waals surface area contributed by atoms with Crippen molar-refractivity contribution in [1.82, 2.24) is 5.32 Å². The molecular weight excluding hydrogens is 624 g/mol. The van der Waals surface area contributed by atoms with Crippen LogP contribution in [0.3, 0.4) is 0 Å². The molecule has 44 heavy (non-hydrogen) atoms. The number of imide groups is 2. The maximum absolute atomic E-state index is 13.5. The molecule has 1 saturated heterocycles. The number of ether oxygens (including phenoxy) is 3. The summed E-state index contributed by atoms with van der Waals surface area (Å²) in [5.41, 5.74) is 5.00. The van der Waals surface area contributed by atoms with Crippen LogP contribution >= 0.6 is 15.9 Å². The summed E-state index contributed by atoms with van der Waals surface area (Å²) in [6.07, 6.45) is 1.43. The van der Waals surface area contributed by atoms with Gasteiger partial charge in [0.15, 0.2) is 11.5 Å². The first kappa shape index (κ1) is 30.6. The van der Waals surface area contributed by atoms with Gasteiger partial charge in [-0.3, -0.25) is 14.9 Å². The molecule has 0 aromatic heterocycles. The lowest BCUT2D eigenvalue weighted by atomic mass is 10.1. The quantitative estimate of drug-likeness (QED) is 0.143. The minimum atomic E-state index is -0.832. The lowest BCUT2D eigenvalue weighted by molar-refractivity contribution is -0.122. The predicted octanol–water partition coefficient (Wildman–Crippen LogP) is 7.29. The van der Waals surface area contributed by atoms with Crippen LogP contribution in [0.15, 0.2) is 95.0 Å². The number of hydrogen-bond acceptors (Lipinski definition) is 6. The van der Waals surface area contributed by atoms with Crippen LogP contribution in [-0.4, -0.2) is 24.5 Å². The Balaban J connectivity index is 1.36. The molecule has 0 radical (unpaired) electrons. The van der Waals surface area contributed by atoms with E-state index in [2.05, 4.69) is 47.2 Å². The number of benzene rings is 4. The zero-order valence-corrected chi connectivity index (χ0v) is 26.1. The molecule has 4 aromatic carbocycles. The second-order valence-corrected chi connectivity index (χ2v) is 11.1. The van der Waals surface area contributed by atoms with Crippen LogP contribution in [0, 0.1) is 13.8 Å². The van der Waals surface area contributed by atoms with E-state index in [0.717, 1.165) is 16.0 Å². The molecule has 1 aliphatic heterocycles. The number of urea groups is 1. The van der Waals surface area contributed by atoms with E-state index in [9.17, 15) is 14.4 Å². The van der Waals surface area contributed by atoms with Crippen molar-refractivity contribution in [3.63, 3.8) is 0 Å². The highest BCUT2D eigenvalue weighted by molar-refractivity contribution is 9.10. The minimum absolute atomic E-state index is 0.202. The van der Waals surface area contributed by atoms with Crippen molar-refractivity contribution in [3.05, 3.63) is 123 Å². The number of carbonyl (C=O) groups is 3. The van der Waals surface area contributed by atoms with Gasteiger partial charge in [0.2, 0.25) is 0 Å². The second kappa shape index (κ2) is 13.6. The molecule has 0 saturated carbocycles. The zero-order valence-electron chi connectivity index (χ0n) is 24.6. The molecule has 0 bridgehead atoms. The van der Waals surface area contributed by atoms with Gasteiger partial charge in [0, 0.05) is 0 Å². The van der Waals surface area contributed by atoms with Crippen molar-refractivity contribution < 1.29 is 28.6 Å². The van der Waals surface area contributed by atoms with Crippen molar-refractivity contribution in [3.8, 4) is 17.2 Å². The van der Waals surface area contributed by atoms with Gasteiger partial charge in [-0.1, -0.05) is 48.5 Å². The van der Waals surface area contributed by atoms with Crippen LogP contribution in [0.5, 0.6) is 17.2 Å². The van der Waals surface area contributed by atoms with E-state index in [1.165, 1.54) is 17.2 Å². The van der Waals surface area contributed by atoms with Crippen LogP contribution in [0.2, 0.25) is 0 Å². The number of carbonyl (C=O) groups excluding carboxylic acids is 3. The summed E-state index contributed by atoms with van der Waals surface area (Å²) in [6, 6.07) is 25.0. The van der Waals surface area contributed by atoms with Gasteiger partial charge in [-0.15, -0.1) is 0 Å². The number of nitrogens with one attached hydrogen (secondary N) is 1. The molecule has 1 aliphatic rings. The van der Waals surface area contributed by atoms with Gasteiger partial charge in [0.05, 0.1) is 16.8 Å². The summed E-state index contributed by atoms with van der Waals surface area (Å²) < 4.78 is 18.4. The maximum Gasteiger partial charge on any atom is 0.335 e. The largest absolute Gasteiger partial charge is 0.490 e. The monoisotopic (exact) mass is 654 g/mol. The molecular formula is C35H31BrN2O6. The second-order valence-electron chi connectivity index (χ2n) is 10.2. The molecule has 8 nitrogen and oxygen atoms in total. The van der Waals surface area contributed by atoms with Gasteiger partial charge < -0.3 is 14.2 Å². The first-order valence-corrected chi connectivity index (χ1v) is 14.9. The highest BCUT2D eigenvalue weighted by atomic mass is 79.9. The van der Waals surface area contributed by atoms with E-state index < -0.39 is 17.8 Å². The fraction of sp³-hybridized carbons (Fsp3) is 0.171. The molecule has 5 rings (SSSR count). The van der Waals surface area contributed by atoms with Crippen LogP contribution in [-0.2, 0) is 22.8 Å². The normalized spacial score (nSPS) is 14.0. The molecule has 1 heterocycles. The number of nitrogens with zero attached hydrogens (tertiary/aromatic N) is 1. The Labute approximate surface area is 264 Å². The van der Waals surface area contributed by atoms with E-state index in [1.807, 2.05) is 43.3 Å². The smallest absolute Gasteiger partial charge is 0.335 e. The van der Waals surface area contributed by atoms with Crippen molar-refractivity contribution in [2.45, 2.75) is 34.0 Å². The van der Waals surface area contributed by atoms with Crippen LogP contribution < -0.4 is 24.4 Å². The van der Waals surface area contributed by atoms with E-state index in [-0.39, 0.29) is 5.57 Å². The average molecular weight is 656 g/mol. The van der Waals surface area contributed by atoms with Gasteiger partial charge in [-0.05, 0) is 107 Å². The molecule has 1 fully saturated rings. The molecule has 0 spiro atoms. The topological polar surface area (TPSA) is 94.2 Å². The molecule has 4 amide bonds. The Bertz CT molecular complexity index is 1730. The summed E-state index contributed by atoms with van der Waals surface area (Å²) in [5.74, 6) is -0.0234. The minimum Gasteiger partial charge on any atom is -0.490 e. The first-order chi connectivity index (χ1) is 21.2. The molecule has 0 aliphatic carbocycles. The summed E-state index contributed by atoms with van der Waals surface area (Å²) in [5, 5.41) is 2.26. The fourth-order valence-electron chi connectivity index (χ4n) is 4.61. The number of halogens is 1. The van der Waals surface area contributed by atoms with Crippen molar-refractivity contribution >= 4 is 45.5 Å². The number of aryl methyl sites for hydroxylation is 2. The number of hydrogen-bond donors (Lipinski definition) is 1. The standard InChI is InChI=1S/C35H31BrN2O6/c1-4-42-31-19-26(18-30(36)32(31)44-21-25-11-10-22(2)23(3)16-25)17-29-33(39)37-35(41)38(34(29)40)27-12-14-28(15-13-27)43-20-24-8-6-5-7-9-24/h5-19H,4,20-21H2,1-3H3,(H,37,39,41)/b29-17+. The Morgan fingerprint density at radius 2 is 1.52 bits per heavy atom. The van der Waals surface area contributed by atoms with Crippen LogP contribution in [0.1, 0.15) is 34.7 Å². The van der Waals surface area contributed by atoms with Crippen molar-refractivity contribution in [2.75, 3.05) is 11.5 Å². The third-order valence-electron chi connectivity index (χ3n) is 7.04. The van der Waals surface area contributed by atoms with Crippen LogP contribution in [0.4, 0.5) is 10.5 Å². The van der Waals surface area contributed by atoms with Gasteiger partial charge >= 0.3 is 6.03 Å². The van der Waals surface area contributed by atoms with Crippen LogP contribution in [0.25, 0.3) is 6.08 Å². The SMILES string of the molecule is CCOc1cc(/C=C2\C(=O)NC(=O)N(c3ccc(OCc4ccccc4)cc3)C2=O)cc(Br)c1OCc1ccc(C)c(C)c1. The fourth-order valence-corrected chi connectivity index (χ4v) is 5.19. The Kier molecular flexibility index (Phi) is 9.45. The summed E-state index contributed by atoms with van der Waals surface area (Å²) in [4.78, 5) is 40.0. The Morgan fingerprint density at radius 1 is 0.795 bits per heavy atom. The lowest BCUT2D eigenvalue weighted by Crippen LogP contribution is -2.54. The average Bonchev–Trinajstić information content (AvgIpc) is 3.01. The molecule has 1 N–H and O–H groups in total. The predicted molar refractivity (Wildman–Crippen MR) is 172 cm³/mol. The Hall–Kier alpha value is -4.89. The van der Waals surface area contributed by atoms with E-state index in [1.54, 1.807) is 36.4 Å². The summed E-state index contributed by atoms with van der Waals surface area (Å²) >= 11 is 3.56. The highest BCUT2D eigenvalue weighted by Gasteiger charge is 2.37. The molecule has 0 atom stereocenters. The number of amides is 4. The number of barbiturate groups is 1. The molecule has 224 valence electrons. The van der Waals surface area contributed by atoms with E-state index >= 15 is 0 Å². The molecule has 9 heteroatoms. The van der Waals surface area contributed by atoms with Gasteiger partial charge in [0.1, 0.15) is 24.5 Å². The third kappa shape index (κ3) is 7.01. The first-order valence-electron chi connectivity index (χ1n) is 14.1. The van der Waals surface area contributed by atoms with Gasteiger partial charge in [0.25, 0.3) is 11.8 Å². The number of rotatable bonds is 10. The van der Waals surface area contributed by atoms with E-state index in [0.29, 0.717) is 52.8 Å². The molecule has 0 unspecified atom stereocenters. The van der Waals surface area contributed by atoms with Gasteiger partial charge in [-0.2, -0.15) is 0 Å². The number of anilines is 1. The maximum atomic E-state index is 13.5. The highest BCUT2D eigenvalue weighted by Crippen LogP contribution is 2.38. The summed E-state index contributed by atoms with van der Waals surface area (Å²) in [6.45, 7) is 7.04. The van der Waals surface area contributed by atoms with Crippen molar-refractivity contribution in [1.29, 1.82) is 0 Å². The van der Waals surface area contributed by atoms with Gasteiger partial charge in [-0.25, -0.2) is 9.69 Å². The lowest BCUT2D eigenvalue weighted by Gasteiger charge is -2.26. The Morgan fingerprint density at radius 3 is 2.23 bits per heavy atom. The van der Waals surface area contributed by atoms with Crippen molar-refractivity contribution in [2.24, 2.45) is 0 Å². The molecule has 4 aromatic rings.